The van der Waals surface area contributed by atoms with Crippen molar-refractivity contribution < 1.29 is 14.3 Å². The van der Waals surface area contributed by atoms with Gasteiger partial charge in [0.15, 0.2) is 0 Å². The van der Waals surface area contributed by atoms with Gasteiger partial charge in [-0.15, -0.1) is 11.3 Å². The summed E-state index contributed by atoms with van der Waals surface area (Å²) in [5.41, 5.74) is 2.62. The molecular weight excluding hydrogens is 396 g/mol. The van der Waals surface area contributed by atoms with Gasteiger partial charge in [-0.1, -0.05) is 23.7 Å². The zero-order valence-electron chi connectivity index (χ0n) is 15.1. The highest BCUT2D eigenvalue weighted by Crippen LogP contribution is 2.42. The fraction of sp³-hybridized carbons (Fsp3) is 0.143. The number of halogens is 1. The number of fused-ring (bicyclic) bond motifs is 3. The summed E-state index contributed by atoms with van der Waals surface area (Å²) < 4.78 is 5.75. The Morgan fingerprint density at radius 3 is 2.71 bits per heavy atom. The minimum atomic E-state index is -0.270. The van der Waals surface area contributed by atoms with Crippen molar-refractivity contribution in [2.24, 2.45) is 0 Å². The zero-order chi connectivity index (χ0) is 19.7. The van der Waals surface area contributed by atoms with Crippen LogP contribution in [-0.2, 0) is 11.4 Å². The van der Waals surface area contributed by atoms with E-state index in [1.807, 2.05) is 30.3 Å². The zero-order valence-corrected chi connectivity index (χ0v) is 16.6. The lowest BCUT2D eigenvalue weighted by atomic mass is 10.1. The number of benzene rings is 2. The van der Waals surface area contributed by atoms with Gasteiger partial charge in [0.25, 0.3) is 5.91 Å². The van der Waals surface area contributed by atoms with E-state index in [4.69, 9.17) is 16.3 Å². The Kier molecular flexibility index (Phi) is 5.07. The van der Waals surface area contributed by atoms with Crippen LogP contribution >= 0.6 is 22.9 Å². The van der Waals surface area contributed by atoms with Crippen LogP contribution in [0.15, 0.2) is 54.6 Å². The van der Waals surface area contributed by atoms with E-state index in [1.165, 1.54) is 16.2 Å². The van der Waals surface area contributed by atoms with Crippen LogP contribution in [-0.4, -0.2) is 30.3 Å². The molecule has 0 aliphatic carbocycles. The third-order valence-electron chi connectivity index (χ3n) is 4.39. The Labute approximate surface area is 171 Å². The van der Waals surface area contributed by atoms with Gasteiger partial charge in [0.05, 0.1) is 11.4 Å². The predicted octanol–water partition coefficient (Wildman–Crippen LogP) is 4.67. The number of hydrogen-bond donors (Lipinski definition) is 1. The van der Waals surface area contributed by atoms with Gasteiger partial charge in [-0.3, -0.25) is 9.59 Å². The molecule has 2 amide bonds. The number of anilines is 1. The highest BCUT2D eigenvalue weighted by atomic mass is 35.5. The van der Waals surface area contributed by atoms with Crippen molar-refractivity contribution in [3.63, 3.8) is 0 Å². The summed E-state index contributed by atoms with van der Waals surface area (Å²) >= 11 is 7.27. The molecule has 0 spiro atoms. The van der Waals surface area contributed by atoms with Crippen LogP contribution in [0.25, 0.3) is 10.4 Å². The van der Waals surface area contributed by atoms with Crippen molar-refractivity contribution >= 4 is 40.4 Å². The highest BCUT2D eigenvalue weighted by molar-refractivity contribution is 7.17. The SMILES string of the molecule is CN(CC(=O)Nc1ccc(Cl)cc1)C(=O)c1cc2c(s1)-c1ccccc1OC2. The Morgan fingerprint density at radius 2 is 1.93 bits per heavy atom. The molecule has 1 aliphatic rings. The average Bonchev–Trinajstić information content (AvgIpc) is 3.14. The maximum atomic E-state index is 12.8. The summed E-state index contributed by atoms with van der Waals surface area (Å²) in [6.45, 7) is 0.397. The number of rotatable bonds is 4. The molecule has 0 atom stereocenters. The van der Waals surface area contributed by atoms with Gasteiger partial charge in [-0.25, -0.2) is 0 Å². The maximum Gasteiger partial charge on any atom is 0.264 e. The summed E-state index contributed by atoms with van der Waals surface area (Å²) in [6.07, 6.45) is 0. The van der Waals surface area contributed by atoms with Crippen molar-refractivity contribution in [2.75, 3.05) is 18.9 Å². The second kappa shape index (κ2) is 7.66. The molecule has 0 saturated heterocycles. The van der Waals surface area contributed by atoms with E-state index in [0.29, 0.717) is 22.2 Å². The number of hydrogen-bond acceptors (Lipinski definition) is 4. The maximum absolute atomic E-state index is 12.8. The largest absolute Gasteiger partial charge is 0.488 e. The van der Waals surface area contributed by atoms with Crippen molar-refractivity contribution in [3.8, 4) is 16.2 Å². The van der Waals surface area contributed by atoms with Crippen LogP contribution in [0.1, 0.15) is 15.2 Å². The lowest BCUT2D eigenvalue weighted by molar-refractivity contribution is -0.116. The molecule has 2 heterocycles. The second-order valence-electron chi connectivity index (χ2n) is 6.47. The van der Waals surface area contributed by atoms with Crippen LogP contribution in [0.3, 0.4) is 0 Å². The van der Waals surface area contributed by atoms with Gasteiger partial charge >= 0.3 is 0 Å². The van der Waals surface area contributed by atoms with Gasteiger partial charge in [-0.2, -0.15) is 0 Å². The normalized spacial score (nSPS) is 11.8. The molecule has 28 heavy (non-hydrogen) atoms. The van der Waals surface area contributed by atoms with Gasteiger partial charge in [0.1, 0.15) is 12.4 Å². The molecule has 0 fully saturated rings. The van der Waals surface area contributed by atoms with Gasteiger partial charge in [-0.05, 0) is 42.5 Å². The smallest absolute Gasteiger partial charge is 0.264 e. The van der Waals surface area contributed by atoms with E-state index in [2.05, 4.69) is 5.32 Å². The summed E-state index contributed by atoms with van der Waals surface area (Å²) in [4.78, 5) is 28.1. The number of para-hydroxylation sites is 1. The Bertz CT molecular complexity index is 1050. The monoisotopic (exact) mass is 412 g/mol. The van der Waals surface area contributed by atoms with Crippen molar-refractivity contribution in [1.29, 1.82) is 0 Å². The lowest BCUT2D eigenvalue weighted by Crippen LogP contribution is -2.34. The van der Waals surface area contributed by atoms with Gasteiger partial charge in [0, 0.05) is 33.8 Å². The van der Waals surface area contributed by atoms with E-state index in [0.717, 1.165) is 21.8 Å². The molecule has 4 rings (SSSR count). The number of ether oxygens (including phenoxy) is 1. The molecule has 1 aliphatic heterocycles. The number of thiophene rings is 1. The number of amides is 2. The first-order chi connectivity index (χ1) is 13.5. The number of carbonyl (C=O) groups excluding carboxylic acids is 2. The first-order valence-corrected chi connectivity index (χ1v) is 9.86. The summed E-state index contributed by atoms with van der Waals surface area (Å²) in [5, 5.41) is 3.36. The van der Waals surface area contributed by atoms with E-state index in [1.54, 1.807) is 31.3 Å². The third kappa shape index (κ3) is 3.74. The molecular formula is C21H17ClN2O3S. The topological polar surface area (TPSA) is 58.6 Å². The van der Waals surface area contributed by atoms with Crippen LogP contribution in [0, 0.1) is 0 Å². The van der Waals surface area contributed by atoms with Crippen molar-refractivity contribution in [3.05, 3.63) is 70.1 Å². The quantitative estimate of drug-likeness (QED) is 0.677. The van der Waals surface area contributed by atoms with E-state index in [-0.39, 0.29) is 18.4 Å². The minimum absolute atomic E-state index is 0.0445. The molecule has 0 unspecified atom stereocenters. The van der Waals surface area contributed by atoms with Crippen molar-refractivity contribution in [2.45, 2.75) is 6.61 Å². The number of nitrogens with one attached hydrogen (secondary N) is 1. The summed E-state index contributed by atoms with van der Waals surface area (Å²) in [7, 11) is 1.62. The fourth-order valence-electron chi connectivity index (χ4n) is 3.01. The van der Waals surface area contributed by atoms with E-state index >= 15 is 0 Å². The van der Waals surface area contributed by atoms with Crippen LogP contribution in [0.5, 0.6) is 5.75 Å². The Morgan fingerprint density at radius 1 is 1.18 bits per heavy atom. The number of carbonyl (C=O) groups is 2. The molecule has 0 saturated carbocycles. The van der Waals surface area contributed by atoms with Crippen molar-refractivity contribution in [1.82, 2.24) is 4.90 Å². The molecule has 3 aromatic rings. The molecule has 5 nitrogen and oxygen atoms in total. The molecule has 142 valence electrons. The molecule has 0 radical (unpaired) electrons. The molecule has 2 aromatic carbocycles. The highest BCUT2D eigenvalue weighted by Gasteiger charge is 2.24. The first-order valence-electron chi connectivity index (χ1n) is 8.67. The Hall–Kier alpha value is -2.83. The predicted molar refractivity (Wildman–Crippen MR) is 111 cm³/mol. The third-order valence-corrected chi connectivity index (χ3v) is 5.84. The second-order valence-corrected chi connectivity index (χ2v) is 7.95. The number of nitrogens with zero attached hydrogens (tertiary/aromatic N) is 1. The minimum Gasteiger partial charge on any atom is -0.488 e. The Balaban J connectivity index is 1.45. The van der Waals surface area contributed by atoms with Crippen LogP contribution in [0.2, 0.25) is 5.02 Å². The van der Waals surface area contributed by atoms with E-state index in [9.17, 15) is 9.59 Å². The number of likely N-dealkylation sites (N-methyl/N-ethyl adjacent to an activating group) is 1. The van der Waals surface area contributed by atoms with Crippen LogP contribution < -0.4 is 10.1 Å². The standard InChI is InChI=1S/C21H17ClN2O3S/c1-24(11-19(25)23-15-8-6-14(22)7-9-15)21(26)18-10-13-12-27-17-5-3-2-4-16(17)20(13)28-18/h2-10H,11-12H2,1H3,(H,23,25). The van der Waals surface area contributed by atoms with Gasteiger partial charge in [0.2, 0.25) is 5.91 Å². The van der Waals surface area contributed by atoms with Crippen LogP contribution in [0.4, 0.5) is 5.69 Å². The lowest BCUT2D eigenvalue weighted by Gasteiger charge is -2.16. The summed E-state index contributed by atoms with van der Waals surface area (Å²) in [5.74, 6) is 0.364. The molecule has 7 heteroatoms. The van der Waals surface area contributed by atoms with E-state index < -0.39 is 0 Å². The first kappa shape index (κ1) is 18.5. The van der Waals surface area contributed by atoms with Gasteiger partial charge < -0.3 is 15.0 Å². The fourth-order valence-corrected chi connectivity index (χ4v) is 4.33. The molecule has 1 N–H and O–H groups in total. The molecule has 0 bridgehead atoms. The summed E-state index contributed by atoms with van der Waals surface area (Å²) in [6, 6.07) is 16.5. The molecule has 1 aromatic heterocycles. The average molecular weight is 413 g/mol.